The van der Waals surface area contributed by atoms with Crippen molar-refractivity contribution in [1.82, 2.24) is 9.97 Å². The summed E-state index contributed by atoms with van der Waals surface area (Å²) in [5, 5.41) is 5.58. The highest BCUT2D eigenvalue weighted by Crippen LogP contribution is 2.23. The highest BCUT2D eigenvalue weighted by molar-refractivity contribution is 6.00. The van der Waals surface area contributed by atoms with Gasteiger partial charge < -0.3 is 15.6 Å². The number of anilines is 2. The van der Waals surface area contributed by atoms with E-state index in [1.807, 2.05) is 64.2 Å². The molecule has 0 unspecified atom stereocenters. The molecule has 3 rings (SSSR count). The quantitative estimate of drug-likeness (QED) is 0.280. The molecule has 1 amide bonds. The lowest BCUT2D eigenvalue weighted by Crippen LogP contribution is -1.93. The zero-order valence-electron chi connectivity index (χ0n) is 21.1. The molecule has 0 fully saturated rings. The van der Waals surface area contributed by atoms with Crippen molar-refractivity contribution < 1.29 is 4.79 Å². The molecule has 6 nitrogen and oxygen atoms in total. The molecule has 178 valence electrons. The van der Waals surface area contributed by atoms with Crippen LogP contribution >= 0.6 is 0 Å². The molecule has 3 N–H and O–H groups in total. The van der Waals surface area contributed by atoms with Gasteiger partial charge in [-0.25, -0.2) is 4.98 Å². The molecule has 0 aliphatic carbocycles. The SMILES string of the molecule is CCCCC.CN=C(C)c1cc(-c2ccc(NC=O)cc2)[nH]c1C.CNc1cc(C)ccn1. The van der Waals surface area contributed by atoms with Crippen LogP contribution in [0.4, 0.5) is 11.5 Å². The Morgan fingerprint density at radius 1 is 1.09 bits per heavy atom. The molecule has 0 radical (unpaired) electrons. The number of rotatable bonds is 7. The molecule has 0 bridgehead atoms. The van der Waals surface area contributed by atoms with Crippen molar-refractivity contribution in [1.29, 1.82) is 0 Å². The highest BCUT2D eigenvalue weighted by Gasteiger charge is 2.08. The molecule has 2 aromatic heterocycles. The van der Waals surface area contributed by atoms with Crippen LogP contribution in [0.5, 0.6) is 0 Å². The molecule has 0 atom stereocenters. The van der Waals surface area contributed by atoms with Gasteiger partial charge in [-0.1, -0.05) is 45.2 Å². The molecule has 0 saturated carbocycles. The summed E-state index contributed by atoms with van der Waals surface area (Å²) >= 11 is 0. The number of hydrogen-bond acceptors (Lipinski definition) is 4. The highest BCUT2D eigenvalue weighted by atomic mass is 16.1. The van der Waals surface area contributed by atoms with Crippen molar-refractivity contribution in [3.05, 3.63) is 65.5 Å². The number of hydrogen-bond donors (Lipinski definition) is 3. The maximum Gasteiger partial charge on any atom is 0.211 e. The Balaban J connectivity index is 0.000000321. The molecule has 2 heterocycles. The van der Waals surface area contributed by atoms with Gasteiger partial charge in [0.05, 0.1) is 0 Å². The van der Waals surface area contributed by atoms with E-state index in [9.17, 15) is 4.79 Å². The maximum atomic E-state index is 10.4. The molecule has 6 heteroatoms. The summed E-state index contributed by atoms with van der Waals surface area (Å²) in [6, 6.07) is 13.8. The third-order valence-electron chi connectivity index (χ3n) is 5.04. The van der Waals surface area contributed by atoms with Crippen LogP contribution < -0.4 is 10.6 Å². The van der Waals surface area contributed by atoms with Crippen molar-refractivity contribution in [3.63, 3.8) is 0 Å². The summed E-state index contributed by atoms with van der Waals surface area (Å²) in [4.78, 5) is 22.0. The lowest BCUT2D eigenvalue weighted by atomic mass is 10.1. The topological polar surface area (TPSA) is 82.2 Å². The van der Waals surface area contributed by atoms with Crippen molar-refractivity contribution in [2.75, 3.05) is 24.7 Å². The first kappa shape index (κ1) is 27.6. The number of unbranched alkanes of at least 4 members (excludes halogenated alkanes) is 2. The molecule has 0 spiro atoms. The van der Waals surface area contributed by atoms with Crippen LogP contribution in [-0.4, -0.2) is 36.2 Å². The number of nitrogens with one attached hydrogen (secondary N) is 3. The average Bonchev–Trinajstić information content (AvgIpc) is 3.22. The number of pyridine rings is 1. The third-order valence-corrected chi connectivity index (χ3v) is 5.04. The van der Waals surface area contributed by atoms with Gasteiger partial charge in [-0.2, -0.15) is 0 Å². The average molecular weight is 450 g/mol. The summed E-state index contributed by atoms with van der Waals surface area (Å²) in [6.45, 7) is 10.5. The predicted molar refractivity (Wildman–Crippen MR) is 143 cm³/mol. The number of benzene rings is 1. The molecular weight excluding hydrogens is 410 g/mol. The summed E-state index contributed by atoms with van der Waals surface area (Å²) in [7, 11) is 3.66. The summed E-state index contributed by atoms with van der Waals surface area (Å²) in [5.74, 6) is 0.926. The lowest BCUT2D eigenvalue weighted by Gasteiger charge is -2.01. The fraction of sp³-hybridized carbons (Fsp3) is 0.370. The number of aromatic nitrogens is 2. The van der Waals surface area contributed by atoms with E-state index in [1.54, 1.807) is 13.2 Å². The first-order valence-electron chi connectivity index (χ1n) is 11.4. The van der Waals surface area contributed by atoms with Gasteiger partial charge in [0.2, 0.25) is 6.41 Å². The van der Waals surface area contributed by atoms with Crippen LogP contribution in [-0.2, 0) is 4.79 Å². The summed E-state index contributed by atoms with van der Waals surface area (Å²) in [6.07, 6.45) is 6.54. The third kappa shape index (κ3) is 9.73. The van der Waals surface area contributed by atoms with Crippen LogP contribution in [0.1, 0.15) is 56.9 Å². The molecule has 0 aliphatic heterocycles. The molecule has 0 saturated heterocycles. The maximum absolute atomic E-state index is 10.4. The zero-order chi connectivity index (χ0) is 24.6. The Hall–Kier alpha value is -3.41. The normalized spacial score (nSPS) is 10.3. The Morgan fingerprint density at radius 2 is 1.76 bits per heavy atom. The van der Waals surface area contributed by atoms with E-state index in [4.69, 9.17) is 0 Å². The number of H-pyrrole nitrogens is 1. The van der Waals surface area contributed by atoms with Gasteiger partial charge >= 0.3 is 0 Å². The fourth-order valence-electron chi connectivity index (χ4n) is 3.05. The van der Waals surface area contributed by atoms with E-state index in [-0.39, 0.29) is 0 Å². The van der Waals surface area contributed by atoms with E-state index in [0.29, 0.717) is 6.41 Å². The standard InChI is InChI=1S/C15H17N3O.C7H10N2.C5H12/c1-10(16-3)14-8-15(18-11(14)2)12-4-6-13(7-5-12)17-9-19;1-6-3-4-9-7(5-6)8-2;1-3-5-4-2/h4-9,18H,1-3H3,(H,17,19);3-5H,1-2H3,(H,8,9);3-5H2,1-2H3. The zero-order valence-corrected chi connectivity index (χ0v) is 21.1. The Bertz CT molecular complexity index is 988. The minimum Gasteiger partial charge on any atom is -0.373 e. The number of aromatic amines is 1. The second-order valence-electron chi connectivity index (χ2n) is 7.69. The van der Waals surface area contributed by atoms with Crippen LogP contribution in [0.3, 0.4) is 0 Å². The Morgan fingerprint density at radius 3 is 2.21 bits per heavy atom. The van der Waals surface area contributed by atoms with Gasteiger partial charge in [0.15, 0.2) is 0 Å². The fourth-order valence-corrected chi connectivity index (χ4v) is 3.05. The largest absolute Gasteiger partial charge is 0.373 e. The van der Waals surface area contributed by atoms with Gasteiger partial charge in [0.1, 0.15) is 5.82 Å². The molecule has 1 aromatic carbocycles. The Kier molecular flexibility index (Phi) is 12.9. The van der Waals surface area contributed by atoms with Gasteiger partial charge in [0, 0.05) is 48.6 Å². The number of aliphatic imine (C=N–C) groups is 1. The molecule has 3 aromatic rings. The van der Waals surface area contributed by atoms with Gasteiger partial charge in [-0.05, 0) is 62.2 Å². The second kappa shape index (κ2) is 15.4. The number of carbonyl (C=O) groups excluding carboxylic acids is 1. The number of amides is 1. The first-order chi connectivity index (χ1) is 15.9. The summed E-state index contributed by atoms with van der Waals surface area (Å²) < 4.78 is 0. The van der Waals surface area contributed by atoms with E-state index >= 15 is 0 Å². The number of carbonyl (C=O) groups is 1. The van der Waals surface area contributed by atoms with E-state index < -0.39 is 0 Å². The minimum atomic E-state index is 0.674. The Labute approximate surface area is 199 Å². The molecular formula is C27H39N5O. The van der Waals surface area contributed by atoms with Crippen molar-refractivity contribution >= 4 is 23.6 Å². The van der Waals surface area contributed by atoms with Crippen molar-refractivity contribution in [2.24, 2.45) is 4.99 Å². The number of aryl methyl sites for hydroxylation is 2. The smallest absolute Gasteiger partial charge is 0.211 e. The van der Waals surface area contributed by atoms with Gasteiger partial charge in [-0.3, -0.25) is 9.79 Å². The summed E-state index contributed by atoms with van der Waals surface area (Å²) in [5.41, 5.74) is 7.39. The minimum absolute atomic E-state index is 0.674. The van der Waals surface area contributed by atoms with Gasteiger partial charge in [0.25, 0.3) is 0 Å². The van der Waals surface area contributed by atoms with Crippen molar-refractivity contribution in [3.8, 4) is 11.3 Å². The van der Waals surface area contributed by atoms with E-state index in [1.165, 1.54) is 24.8 Å². The van der Waals surface area contributed by atoms with Crippen LogP contribution in [0.2, 0.25) is 0 Å². The second-order valence-corrected chi connectivity index (χ2v) is 7.69. The van der Waals surface area contributed by atoms with Crippen molar-refractivity contribution in [2.45, 2.75) is 53.9 Å². The van der Waals surface area contributed by atoms with Crippen LogP contribution in [0.25, 0.3) is 11.3 Å². The van der Waals surface area contributed by atoms with Gasteiger partial charge in [-0.15, -0.1) is 0 Å². The predicted octanol–water partition coefficient (Wildman–Crippen LogP) is 6.63. The lowest BCUT2D eigenvalue weighted by molar-refractivity contribution is -0.105. The van der Waals surface area contributed by atoms with Crippen LogP contribution in [0, 0.1) is 13.8 Å². The number of nitrogens with zero attached hydrogens (tertiary/aromatic N) is 2. The van der Waals surface area contributed by atoms with Crippen LogP contribution in [0.15, 0.2) is 53.7 Å². The molecule has 0 aliphatic rings. The molecule has 33 heavy (non-hydrogen) atoms. The van der Waals surface area contributed by atoms with E-state index in [2.05, 4.69) is 45.5 Å². The van der Waals surface area contributed by atoms with E-state index in [0.717, 1.165) is 39.7 Å². The monoisotopic (exact) mass is 449 g/mol. The first-order valence-corrected chi connectivity index (χ1v) is 11.4.